The van der Waals surface area contributed by atoms with Crippen LogP contribution in [0.3, 0.4) is 0 Å². The summed E-state index contributed by atoms with van der Waals surface area (Å²) in [5, 5.41) is 2.37. The van der Waals surface area contributed by atoms with Crippen molar-refractivity contribution < 1.29 is 23.9 Å². The summed E-state index contributed by atoms with van der Waals surface area (Å²) in [5.74, 6) is 0.422. The molecule has 0 atom stereocenters. The number of ether oxygens (including phenoxy) is 1. The lowest BCUT2D eigenvalue weighted by molar-refractivity contribution is -0.120. The Kier molecular flexibility index (Phi) is 9.40. The predicted octanol–water partition coefficient (Wildman–Crippen LogP) is 4.81. The van der Waals surface area contributed by atoms with Crippen LogP contribution >= 0.6 is 0 Å². The third-order valence-electron chi connectivity index (χ3n) is 10.4. The molecule has 1 spiro atoms. The van der Waals surface area contributed by atoms with Crippen molar-refractivity contribution in [2.75, 3.05) is 57.3 Å². The zero-order chi connectivity index (χ0) is 31.4. The number of nitrogens with one attached hydrogen (secondary N) is 1. The number of hydrogen-bond donors (Lipinski definition) is 1. The van der Waals surface area contributed by atoms with E-state index in [0.717, 1.165) is 56.7 Å². The van der Waals surface area contributed by atoms with E-state index < -0.39 is 6.03 Å². The van der Waals surface area contributed by atoms with E-state index in [1.807, 2.05) is 59.2 Å². The average Bonchev–Trinajstić information content (AvgIpc) is 3.06. The second-order valence-electron chi connectivity index (χ2n) is 13.3. The molecule has 0 bridgehead atoms. The van der Waals surface area contributed by atoms with E-state index in [1.54, 1.807) is 11.0 Å². The number of carbonyl (C=O) groups excluding carboxylic acids is 4. The van der Waals surface area contributed by atoms with Crippen LogP contribution in [0.4, 0.5) is 15.3 Å². The highest BCUT2D eigenvalue weighted by Gasteiger charge is 2.40. The first kappa shape index (κ1) is 31.1. The number of piperazine rings is 1. The molecule has 1 saturated carbocycles. The molecule has 4 aliphatic rings. The van der Waals surface area contributed by atoms with Gasteiger partial charge in [0.2, 0.25) is 5.91 Å². The molecule has 3 saturated heterocycles. The maximum atomic E-state index is 13.5. The number of hydrogen-bond acceptors (Lipinski definition) is 6. The number of aryl methyl sites for hydroxylation is 1. The number of urea groups is 1. The molecule has 3 aliphatic heterocycles. The second kappa shape index (κ2) is 13.6. The fourth-order valence-corrected chi connectivity index (χ4v) is 7.46. The molecule has 1 aliphatic carbocycles. The average molecular weight is 616 g/mol. The number of piperidine rings is 1. The van der Waals surface area contributed by atoms with Crippen molar-refractivity contribution in [3.63, 3.8) is 0 Å². The number of nitrogens with zero attached hydrogens (tertiary/aromatic N) is 4. The number of imide groups is 1. The molecular formula is C35H45N5O5. The second-order valence-corrected chi connectivity index (χ2v) is 13.3. The zero-order valence-electron chi connectivity index (χ0n) is 26.3. The lowest BCUT2D eigenvalue weighted by Gasteiger charge is -2.47. The van der Waals surface area contributed by atoms with E-state index >= 15 is 0 Å². The standard InChI is InChI=1S/C35H45N5O5/c1-26-7-8-29(23-30(26)40-16-11-31(41)36-33(40)43)32(42)38-17-14-35(15-18-38)12-9-27(10-13-35)24-37-19-21-39(22-20-37)34(44)45-25-28-5-3-2-4-6-28/h2-8,23,27H,9-22,24-25H2,1H3,(H,36,41,43). The Hall–Kier alpha value is -3.92. The minimum absolute atomic E-state index is 0.0105. The molecule has 1 N–H and O–H groups in total. The summed E-state index contributed by atoms with van der Waals surface area (Å²) in [7, 11) is 0. The van der Waals surface area contributed by atoms with Crippen LogP contribution in [0.15, 0.2) is 48.5 Å². The lowest BCUT2D eigenvalue weighted by atomic mass is 9.65. The molecule has 240 valence electrons. The Morgan fingerprint density at radius 1 is 0.867 bits per heavy atom. The van der Waals surface area contributed by atoms with Crippen LogP contribution in [-0.4, -0.2) is 91.0 Å². The van der Waals surface area contributed by atoms with Gasteiger partial charge >= 0.3 is 12.1 Å². The fourth-order valence-electron chi connectivity index (χ4n) is 7.46. The van der Waals surface area contributed by atoms with Crippen LogP contribution in [0, 0.1) is 18.3 Å². The van der Waals surface area contributed by atoms with E-state index in [1.165, 1.54) is 25.7 Å². The van der Waals surface area contributed by atoms with Gasteiger partial charge in [-0.3, -0.25) is 24.7 Å². The lowest BCUT2D eigenvalue weighted by Crippen LogP contribution is -2.50. The molecular weight excluding hydrogens is 570 g/mol. The van der Waals surface area contributed by atoms with Crippen LogP contribution in [0.2, 0.25) is 0 Å². The van der Waals surface area contributed by atoms with Gasteiger partial charge in [0.1, 0.15) is 6.61 Å². The van der Waals surface area contributed by atoms with E-state index in [9.17, 15) is 19.2 Å². The summed E-state index contributed by atoms with van der Waals surface area (Å²) in [5.41, 5.74) is 3.49. The van der Waals surface area contributed by atoms with Crippen LogP contribution in [0.1, 0.15) is 66.4 Å². The molecule has 10 heteroatoms. The van der Waals surface area contributed by atoms with Crippen molar-refractivity contribution in [2.24, 2.45) is 11.3 Å². The van der Waals surface area contributed by atoms with Crippen molar-refractivity contribution in [3.8, 4) is 0 Å². The van der Waals surface area contributed by atoms with Crippen molar-refractivity contribution in [1.82, 2.24) is 20.0 Å². The van der Waals surface area contributed by atoms with Gasteiger partial charge in [-0.25, -0.2) is 9.59 Å². The van der Waals surface area contributed by atoms with Gasteiger partial charge in [-0.2, -0.15) is 0 Å². The minimum Gasteiger partial charge on any atom is -0.445 e. The summed E-state index contributed by atoms with van der Waals surface area (Å²) in [6, 6.07) is 14.9. The molecule has 4 fully saturated rings. The predicted molar refractivity (Wildman–Crippen MR) is 171 cm³/mol. The maximum Gasteiger partial charge on any atom is 0.410 e. The summed E-state index contributed by atoms with van der Waals surface area (Å²) in [4.78, 5) is 57.9. The van der Waals surface area contributed by atoms with E-state index in [2.05, 4.69) is 10.2 Å². The summed E-state index contributed by atoms with van der Waals surface area (Å²) >= 11 is 0. The first-order chi connectivity index (χ1) is 21.8. The SMILES string of the molecule is Cc1ccc(C(=O)N2CCC3(CCC(CN4CCN(C(=O)OCc5ccccc5)CC4)CC3)CC2)cc1N1CCC(=O)NC1=O. The Balaban J connectivity index is 0.931. The number of amides is 5. The van der Waals surface area contributed by atoms with Crippen LogP contribution in [0.5, 0.6) is 0 Å². The Morgan fingerprint density at radius 2 is 1.58 bits per heavy atom. The number of rotatable bonds is 6. The molecule has 0 aromatic heterocycles. The molecule has 0 radical (unpaired) electrons. The normalized spacial score (nSPS) is 21.1. The molecule has 2 aromatic carbocycles. The molecule has 3 heterocycles. The van der Waals surface area contributed by atoms with Gasteiger partial charge in [0.05, 0.1) is 0 Å². The van der Waals surface area contributed by atoms with Crippen molar-refractivity contribution in [3.05, 3.63) is 65.2 Å². The Bertz CT molecular complexity index is 1390. The Labute approximate surface area is 265 Å². The number of carbonyl (C=O) groups is 4. The van der Waals surface area contributed by atoms with Gasteiger partial charge < -0.3 is 14.5 Å². The number of benzene rings is 2. The highest BCUT2D eigenvalue weighted by atomic mass is 16.6. The Morgan fingerprint density at radius 3 is 2.27 bits per heavy atom. The van der Waals surface area contributed by atoms with Crippen LogP contribution in [0.25, 0.3) is 0 Å². The first-order valence-corrected chi connectivity index (χ1v) is 16.5. The highest BCUT2D eigenvalue weighted by Crippen LogP contribution is 2.46. The molecule has 6 rings (SSSR count). The van der Waals surface area contributed by atoms with Gasteiger partial charge in [0.15, 0.2) is 0 Å². The highest BCUT2D eigenvalue weighted by molar-refractivity contribution is 6.06. The minimum atomic E-state index is -0.434. The van der Waals surface area contributed by atoms with E-state index in [0.29, 0.717) is 48.8 Å². The monoisotopic (exact) mass is 615 g/mol. The molecule has 0 unspecified atom stereocenters. The van der Waals surface area contributed by atoms with Crippen molar-refractivity contribution in [2.45, 2.75) is 58.5 Å². The van der Waals surface area contributed by atoms with Gasteiger partial charge in [-0.15, -0.1) is 0 Å². The van der Waals surface area contributed by atoms with Gasteiger partial charge in [-0.05, 0) is 80.0 Å². The number of anilines is 1. The van der Waals surface area contributed by atoms with Crippen molar-refractivity contribution in [1.29, 1.82) is 0 Å². The maximum absolute atomic E-state index is 13.5. The van der Waals surface area contributed by atoms with E-state index in [4.69, 9.17) is 4.74 Å². The first-order valence-electron chi connectivity index (χ1n) is 16.5. The van der Waals surface area contributed by atoms with Gasteiger partial charge in [-0.1, -0.05) is 36.4 Å². The smallest absolute Gasteiger partial charge is 0.410 e. The number of likely N-dealkylation sites (tertiary alicyclic amines) is 1. The van der Waals surface area contributed by atoms with Gasteiger partial charge in [0.25, 0.3) is 5.91 Å². The molecule has 2 aromatic rings. The zero-order valence-corrected chi connectivity index (χ0v) is 26.3. The van der Waals surface area contributed by atoms with Crippen LogP contribution < -0.4 is 10.2 Å². The largest absolute Gasteiger partial charge is 0.445 e. The summed E-state index contributed by atoms with van der Waals surface area (Å²) in [6.45, 7) is 8.35. The third-order valence-corrected chi connectivity index (χ3v) is 10.4. The summed E-state index contributed by atoms with van der Waals surface area (Å²) in [6.07, 6.45) is 6.95. The van der Waals surface area contributed by atoms with Gasteiger partial charge in [0, 0.05) is 70.0 Å². The quantitative estimate of drug-likeness (QED) is 0.501. The molecule has 10 nitrogen and oxygen atoms in total. The van der Waals surface area contributed by atoms with Crippen LogP contribution in [-0.2, 0) is 16.1 Å². The topological polar surface area (TPSA) is 102 Å². The molecule has 45 heavy (non-hydrogen) atoms. The third kappa shape index (κ3) is 7.32. The van der Waals surface area contributed by atoms with E-state index in [-0.39, 0.29) is 24.3 Å². The fraction of sp³-hybridized carbons (Fsp3) is 0.543. The summed E-state index contributed by atoms with van der Waals surface area (Å²) < 4.78 is 5.52. The molecule has 5 amide bonds. The van der Waals surface area contributed by atoms with Crippen molar-refractivity contribution >= 4 is 29.6 Å².